The summed E-state index contributed by atoms with van der Waals surface area (Å²) in [5.74, 6) is -2.08. The molecule has 1 aromatic carbocycles. The van der Waals surface area contributed by atoms with E-state index in [1.165, 1.54) is 6.92 Å². The number of carbonyl (C=O) groups is 5. The number of ketones is 2. The molecule has 0 N–H and O–H groups in total. The molecule has 0 heterocycles. The molecule has 8 heteroatoms. The van der Waals surface area contributed by atoms with Crippen LogP contribution in [0.1, 0.15) is 124 Å². The molecule has 2 bridgehead atoms. The van der Waals surface area contributed by atoms with E-state index in [-0.39, 0.29) is 30.8 Å². The summed E-state index contributed by atoms with van der Waals surface area (Å²) >= 11 is 0. The van der Waals surface area contributed by atoms with Gasteiger partial charge in [0.25, 0.3) is 0 Å². The number of benzene rings is 1. The molecule has 2 aliphatic carbocycles. The normalized spacial score (nSPS) is 24.8. The number of ether oxygens (including phenoxy) is 3. The lowest BCUT2D eigenvalue weighted by molar-refractivity contribution is -0.189. The minimum Gasteiger partial charge on any atom is -0.459 e. The average Bonchev–Trinajstić information content (AvgIpc) is 3.15. The first kappa shape index (κ1) is 34.5. The van der Waals surface area contributed by atoms with Crippen molar-refractivity contribution in [1.29, 1.82) is 0 Å². The van der Waals surface area contributed by atoms with E-state index < -0.39 is 46.5 Å². The summed E-state index contributed by atoms with van der Waals surface area (Å²) < 4.78 is 17.6. The molecule has 3 rings (SSSR count). The molecule has 1 aromatic rings. The van der Waals surface area contributed by atoms with Crippen LogP contribution in [0.3, 0.4) is 0 Å². The lowest BCUT2D eigenvalue weighted by Crippen LogP contribution is -2.53. The van der Waals surface area contributed by atoms with Gasteiger partial charge in [-0.3, -0.25) is 24.0 Å². The Kier molecular flexibility index (Phi) is 12.1. The van der Waals surface area contributed by atoms with Crippen molar-refractivity contribution in [3.8, 4) is 0 Å². The SMILES string of the molecule is CCCCCCCC(=O)O[C@@H]1[C@H](OC(C)=O)C2(CCCC(=O)CCc3ccccc3)CCC(=O)C1(C(=O)OC(C)(C)C)C2. The van der Waals surface area contributed by atoms with Crippen LogP contribution in [-0.4, -0.2) is 47.3 Å². The Balaban J connectivity index is 1.84. The summed E-state index contributed by atoms with van der Waals surface area (Å²) in [4.78, 5) is 65.9. The summed E-state index contributed by atoms with van der Waals surface area (Å²) in [7, 11) is 0. The molecule has 0 aromatic heterocycles. The van der Waals surface area contributed by atoms with E-state index in [9.17, 15) is 24.0 Å². The fourth-order valence-electron chi connectivity index (χ4n) is 6.73. The molecule has 43 heavy (non-hydrogen) atoms. The zero-order valence-electron chi connectivity index (χ0n) is 26.7. The standard InChI is InChI=1S/C35H50O8/c1-6-7-8-9-13-18-29(39)42-31-30(41-25(2)36)34(22-14-17-27(37)20-19-26-15-11-10-12-16-26)23-21-28(38)35(31,24-34)32(40)43-33(3,4)5/h10-12,15-16,30-31H,6-9,13-14,17-24H2,1-5H3/t30-,31+,34?,35?/m0/s1. The first-order valence-electron chi connectivity index (χ1n) is 16.0. The maximum atomic E-state index is 13.9. The maximum Gasteiger partial charge on any atom is 0.324 e. The van der Waals surface area contributed by atoms with E-state index in [1.54, 1.807) is 20.8 Å². The number of Topliss-reactive ketones (excluding diaryl/α,β-unsaturated/α-hetero) is 2. The summed E-state index contributed by atoms with van der Waals surface area (Å²) in [6, 6.07) is 9.83. The number of hydrogen-bond acceptors (Lipinski definition) is 8. The van der Waals surface area contributed by atoms with E-state index in [4.69, 9.17) is 14.2 Å². The third-order valence-electron chi connectivity index (χ3n) is 8.81. The van der Waals surface area contributed by atoms with Crippen LogP contribution in [0.5, 0.6) is 0 Å². The van der Waals surface area contributed by atoms with Crippen LogP contribution >= 0.6 is 0 Å². The molecule has 0 amide bonds. The Labute approximate surface area is 256 Å². The molecule has 0 spiro atoms. The fraction of sp³-hybridized carbons (Fsp3) is 0.686. The highest BCUT2D eigenvalue weighted by Crippen LogP contribution is 2.62. The first-order valence-corrected chi connectivity index (χ1v) is 16.0. The van der Waals surface area contributed by atoms with Gasteiger partial charge in [0.15, 0.2) is 17.3 Å². The van der Waals surface area contributed by atoms with Gasteiger partial charge in [0, 0.05) is 38.0 Å². The molecule has 4 atom stereocenters. The molecule has 8 nitrogen and oxygen atoms in total. The monoisotopic (exact) mass is 598 g/mol. The van der Waals surface area contributed by atoms with E-state index in [0.717, 1.165) is 31.2 Å². The van der Waals surface area contributed by atoms with Gasteiger partial charge in [0.05, 0.1) is 0 Å². The molecule has 2 unspecified atom stereocenters. The van der Waals surface area contributed by atoms with Gasteiger partial charge in [0.2, 0.25) is 0 Å². The van der Waals surface area contributed by atoms with Crippen LogP contribution in [0.2, 0.25) is 0 Å². The smallest absolute Gasteiger partial charge is 0.324 e. The van der Waals surface area contributed by atoms with Crippen LogP contribution in [-0.2, 0) is 44.6 Å². The zero-order valence-corrected chi connectivity index (χ0v) is 26.7. The Hall–Kier alpha value is -3.03. The molecule has 2 fully saturated rings. The minimum atomic E-state index is -1.76. The van der Waals surface area contributed by atoms with Crippen molar-refractivity contribution in [2.45, 2.75) is 142 Å². The molecule has 0 radical (unpaired) electrons. The van der Waals surface area contributed by atoms with Gasteiger partial charge in [-0.25, -0.2) is 0 Å². The van der Waals surface area contributed by atoms with Crippen LogP contribution in [0.15, 0.2) is 30.3 Å². The van der Waals surface area contributed by atoms with E-state index in [0.29, 0.717) is 44.9 Å². The minimum absolute atomic E-state index is 0.0539. The molecule has 2 aliphatic rings. The molecule has 2 saturated carbocycles. The maximum absolute atomic E-state index is 13.9. The number of esters is 3. The quantitative estimate of drug-likeness (QED) is 0.0900. The van der Waals surface area contributed by atoms with Gasteiger partial charge in [-0.2, -0.15) is 0 Å². The number of fused-ring (bicyclic) bond motifs is 2. The van der Waals surface area contributed by atoms with Gasteiger partial charge in [-0.05, 0) is 64.9 Å². The zero-order chi connectivity index (χ0) is 31.7. The summed E-state index contributed by atoms with van der Waals surface area (Å²) in [5.41, 5.74) is -2.35. The van der Waals surface area contributed by atoms with Crippen molar-refractivity contribution in [3.05, 3.63) is 35.9 Å². The number of hydrogen-bond donors (Lipinski definition) is 0. The van der Waals surface area contributed by atoms with E-state index >= 15 is 0 Å². The van der Waals surface area contributed by atoms with Crippen LogP contribution in [0.4, 0.5) is 0 Å². The van der Waals surface area contributed by atoms with Crippen molar-refractivity contribution < 1.29 is 38.2 Å². The topological polar surface area (TPSA) is 113 Å². The number of rotatable bonds is 16. The predicted molar refractivity (Wildman–Crippen MR) is 162 cm³/mol. The summed E-state index contributed by atoms with van der Waals surface area (Å²) in [5, 5.41) is 0. The van der Waals surface area contributed by atoms with Crippen molar-refractivity contribution in [3.63, 3.8) is 0 Å². The van der Waals surface area contributed by atoms with Crippen molar-refractivity contribution in [2.24, 2.45) is 10.8 Å². The highest BCUT2D eigenvalue weighted by Gasteiger charge is 2.73. The predicted octanol–water partition coefficient (Wildman–Crippen LogP) is 6.64. The van der Waals surface area contributed by atoms with Crippen LogP contribution < -0.4 is 0 Å². The first-order chi connectivity index (χ1) is 20.3. The Morgan fingerprint density at radius 1 is 0.884 bits per heavy atom. The Morgan fingerprint density at radius 3 is 2.23 bits per heavy atom. The molecule has 238 valence electrons. The van der Waals surface area contributed by atoms with E-state index in [2.05, 4.69) is 6.92 Å². The van der Waals surface area contributed by atoms with Gasteiger partial charge in [-0.1, -0.05) is 62.9 Å². The molecule has 0 aliphatic heterocycles. The second kappa shape index (κ2) is 15.1. The number of carbonyl (C=O) groups excluding carboxylic acids is 5. The Bertz CT molecular complexity index is 1140. The number of aryl methyl sites for hydroxylation is 1. The van der Waals surface area contributed by atoms with Gasteiger partial charge < -0.3 is 14.2 Å². The van der Waals surface area contributed by atoms with Crippen molar-refractivity contribution >= 4 is 29.5 Å². The highest BCUT2D eigenvalue weighted by molar-refractivity contribution is 6.06. The Morgan fingerprint density at radius 2 is 1.58 bits per heavy atom. The summed E-state index contributed by atoms with van der Waals surface area (Å²) in [6.45, 7) is 8.56. The lowest BCUT2D eigenvalue weighted by atomic mass is 9.65. The third-order valence-corrected chi connectivity index (χ3v) is 8.81. The average molecular weight is 599 g/mol. The largest absolute Gasteiger partial charge is 0.459 e. The fourth-order valence-corrected chi connectivity index (χ4v) is 6.73. The van der Waals surface area contributed by atoms with Crippen LogP contribution in [0, 0.1) is 10.8 Å². The van der Waals surface area contributed by atoms with Gasteiger partial charge in [-0.15, -0.1) is 0 Å². The lowest BCUT2D eigenvalue weighted by Gasteiger charge is -2.38. The second-order valence-corrected chi connectivity index (χ2v) is 13.4. The van der Waals surface area contributed by atoms with E-state index in [1.807, 2.05) is 30.3 Å². The highest BCUT2D eigenvalue weighted by atomic mass is 16.6. The number of unbranched alkanes of at least 4 members (excludes halogenated alkanes) is 4. The van der Waals surface area contributed by atoms with Gasteiger partial charge in [0.1, 0.15) is 17.5 Å². The van der Waals surface area contributed by atoms with Crippen LogP contribution in [0.25, 0.3) is 0 Å². The molecular formula is C35H50O8. The van der Waals surface area contributed by atoms with Crippen molar-refractivity contribution in [1.82, 2.24) is 0 Å². The second-order valence-electron chi connectivity index (χ2n) is 13.4. The molecular weight excluding hydrogens is 548 g/mol. The summed E-state index contributed by atoms with van der Waals surface area (Å²) in [6.07, 6.45) is 5.42. The molecule has 0 saturated heterocycles. The van der Waals surface area contributed by atoms with Crippen molar-refractivity contribution in [2.75, 3.05) is 0 Å². The third kappa shape index (κ3) is 8.99. The van der Waals surface area contributed by atoms with Gasteiger partial charge >= 0.3 is 17.9 Å².